The van der Waals surface area contributed by atoms with Gasteiger partial charge in [0, 0.05) is 19.1 Å². The number of carbonyl (C=O) groups is 1. The first-order valence-corrected chi connectivity index (χ1v) is 8.05. The molecule has 1 aliphatic heterocycles. The number of hydrogen-bond donors (Lipinski definition) is 3. The normalized spacial score (nSPS) is 14.5. The van der Waals surface area contributed by atoms with Gasteiger partial charge in [0.25, 0.3) is 0 Å². The van der Waals surface area contributed by atoms with E-state index >= 15 is 0 Å². The van der Waals surface area contributed by atoms with Gasteiger partial charge in [0.1, 0.15) is 11.6 Å². The van der Waals surface area contributed by atoms with Crippen molar-refractivity contribution in [2.45, 2.75) is 31.8 Å². The lowest BCUT2D eigenvalue weighted by atomic mass is 10.0. The predicted molar refractivity (Wildman–Crippen MR) is 89.3 cm³/mol. The number of aryl methyl sites for hydroxylation is 1. The van der Waals surface area contributed by atoms with Gasteiger partial charge in [-0.15, -0.1) is 0 Å². The van der Waals surface area contributed by atoms with Gasteiger partial charge in [-0.3, -0.25) is 4.79 Å². The summed E-state index contributed by atoms with van der Waals surface area (Å²) in [5.74, 6) is -0.404. The Kier molecular flexibility index (Phi) is 5.05. The zero-order valence-corrected chi connectivity index (χ0v) is 13.3. The molecule has 0 spiro atoms. The fourth-order valence-corrected chi connectivity index (χ4v) is 2.90. The van der Waals surface area contributed by atoms with Gasteiger partial charge in [-0.25, -0.2) is 9.37 Å². The highest BCUT2D eigenvalue weighted by atomic mass is 19.1. The van der Waals surface area contributed by atoms with E-state index in [1.807, 2.05) is 6.07 Å². The molecule has 0 radical (unpaired) electrons. The van der Waals surface area contributed by atoms with E-state index < -0.39 is 12.0 Å². The number of nitrogens with one attached hydrogen (secondary N) is 2. The van der Waals surface area contributed by atoms with Crippen molar-refractivity contribution in [3.63, 3.8) is 0 Å². The van der Waals surface area contributed by atoms with Crippen molar-refractivity contribution in [2.75, 3.05) is 11.9 Å². The number of anilines is 1. The molecule has 24 heavy (non-hydrogen) atoms. The third-order valence-electron chi connectivity index (χ3n) is 4.11. The average Bonchev–Trinajstić information content (AvgIpc) is 2.58. The molecule has 1 aromatic carbocycles. The number of halogens is 1. The summed E-state index contributed by atoms with van der Waals surface area (Å²) in [5, 5.41) is 15.6. The summed E-state index contributed by atoms with van der Waals surface area (Å²) in [7, 11) is 0. The first kappa shape index (κ1) is 16.4. The third-order valence-corrected chi connectivity index (χ3v) is 4.11. The quantitative estimate of drug-likeness (QED) is 0.760. The van der Waals surface area contributed by atoms with Crippen molar-refractivity contribution in [1.29, 1.82) is 0 Å². The molecule has 0 bridgehead atoms. The smallest absolute Gasteiger partial charge is 0.305 e. The van der Waals surface area contributed by atoms with Crippen LogP contribution in [-0.4, -0.2) is 22.6 Å². The first-order valence-electron chi connectivity index (χ1n) is 8.05. The second-order valence-corrected chi connectivity index (χ2v) is 5.93. The second-order valence-electron chi connectivity index (χ2n) is 5.93. The number of carboxylic acid groups (broad SMARTS) is 1. The van der Waals surface area contributed by atoms with Crippen LogP contribution < -0.4 is 10.6 Å². The molecule has 3 rings (SSSR count). The minimum absolute atomic E-state index is 0.118. The van der Waals surface area contributed by atoms with Crippen molar-refractivity contribution in [3.05, 3.63) is 59.0 Å². The minimum atomic E-state index is -0.933. The van der Waals surface area contributed by atoms with E-state index in [-0.39, 0.29) is 12.2 Å². The van der Waals surface area contributed by atoms with Gasteiger partial charge in [-0.1, -0.05) is 18.2 Å². The molecule has 126 valence electrons. The summed E-state index contributed by atoms with van der Waals surface area (Å²) < 4.78 is 13.4. The average molecular weight is 329 g/mol. The van der Waals surface area contributed by atoms with Crippen LogP contribution in [0.3, 0.4) is 0 Å². The standard InChI is InChI=1S/C18H20FN3O2/c19-14-5-1-3-13(9-14)16(10-17(23)24)21-11-15-7-6-12-4-2-8-20-18(12)22-15/h1,3,5-7,9,16,21H,2,4,8,10-11H2,(H,20,22)(H,23,24)/t16-/m0/s1. The van der Waals surface area contributed by atoms with Crippen LogP contribution >= 0.6 is 0 Å². The Hall–Kier alpha value is -2.47. The number of aliphatic carboxylic acids is 1. The van der Waals surface area contributed by atoms with Gasteiger partial charge in [0.05, 0.1) is 12.1 Å². The highest BCUT2D eigenvalue weighted by Crippen LogP contribution is 2.21. The highest BCUT2D eigenvalue weighted by Gasteiger charge is 2.17. The number of pyridine rings is 1. The predicted octanol–water partition coefficient (Wildman–Crippen LogP) is 2.88. The molecule has 5 nitrogen and oxygen atoms in total. The molecule has 2 aromatic rings. The number of aromatic nitrogens is 1. The van der Waals surface area contributed by atoms with Crippen molar-refractivity contribution in [2.24, 2.45) is 0 Å². The van der Waals surface area contributed by atoms with Gasteiger partial charge in [-0.2, -0.15) is 0 Å². The van der Waals surface area contributed by atoms with Gasteiger partial charge in [-0.05, 0) is 42.2 Å². The van der Waals surface area contributed by atoms with E-state index in [1.54, 1.807) is 12.1 Å². The topological polar surface area (TPSA) is 74.2 Å². The largest absolute Gasteiger partial charge is 0.481 e. The number of benzene rings is 1. The van der Waals surface area contributed by atoms with E-state index in [0.29, 0.717) is 12.1 Å². The SMILES string of the molecule is O=C(O)C[C@H](NCc1ccc2c(n1)NCCC2)c1cccc(F)c1. The van der Waals surface area contributed by atoms with Crippen LogP contribution in [0.15, 0.2) is 36.4 Å². The van der Waals surface area contributed by atoms with Crippen LogP contribution in [0.2, 0.25) is 0 Å². The molecule has 0 saturated heterocycles. The van der Waals surface area contributed by atoms with Gasteiger partial charge in [0.2, 0.25) is 0 Å². The highest BCUT2D eigenvalue weighted by molar-refractivity contribution is 5.68. The van der Waals surface area contributed by atoms with Gasteiger partial charge < -0.3 is 15.7 Å². The first-order chi connectivity index (χ1) is 11.6. The van der Waals surface area contributed by atoms with Gasteiger partial charge in [0.15, 0.2) is 0 Å². The maximum Gasteiger partial charge on any atom is 0.305 e. The van der Waals surface area contributed by atoms with E-state index in [1.165, 1.54) is 17.7 Å². The number of fused-ring (bicyclic) bond motifs is 1. The minimum Gasteiger partial charge on any atom is -0.481 e. The van der Waals surface area contributed by atoms with Crippen LogP contribution in [-0.2, 0) is 17.8 Å². The van der Waals surface area contributed by atoms with Crippen molar-refractivity contribution >= 4 is 11.8 Å². The Morgan fingerprint density at radius 1 is 1.38 bits per heavy atom. The zero-order valence-electron chi connectivity index (χ0n) is 13.3. The molecule has 0 aliphatic carbocycles. The molecule has 3 N–H and O–H groups in total. The fourth-order valence-electron chi connectivity index (χ4n) is 2.90. The van der Waals surface area contributed by atoms with Crippen molar-refractivity contribution < 1.29 is 14.3 Å². The van der Waals surface area contributed by atoms with Crippen LogP contribution in [0.4, 0.5) is 10.2 Å². The fraction of sp³-hybridized carbons (Fsp3) is 0.333. The molecule has 0 amide bonds. The molecule has 0 unspecified atom stereocenters. The second kappa shape index (κ2) is 7.40. The maximum absolute atomic E-state index is 13.4. The van der Waals surface area contributed by atoms with Gasteiger partial charge >= 0.3 is 5.97 Å². The number of rotatable bonds is 6. The summed E-state index contributed by atoms with van der Waals surface area (Å²) >= 11 is 0. The summed E-state index contributed by atoms with van der Waals surface area (Å²) in [5.41, 5.74) is 2.65. The molecular weight excluding hydrogens is 309 g/mol. The molecule has 6 heteroatoms. The lowest BCUT2D eigenvalue weighted by Crippen LogP contribution is -2.24. The van der Waals surface area contributed by atoms with Crippen LogP contribution in [0.5, 0.6) is 0 Å². The molecule has 2 heterocycles. The lowest BCUT2D eigenvalue weighted by molar-refractivity contribution is -0.137. The maximum atomic E-state index is 13.4. The summed E-state index contributed by atoms with van der Waals surface area (Å²) in [6.45, 7) is 1.34. The summed E-state index contributed by atoms with van der Waals surface area (Å²) in [6, 6.07) is 9.56. The van der Waals surface area contributed by atoms with Crippen LogP contribution in [0.25, 0.3) is 0 Å². The molecule has 1 aliphatic rings. The van der Waals surface area contributed by atoms with Crippen LogP contribution in [0, 0.1) is 5.82 Å². The Bertz CT molecular complexity index is 736. The third kappa shape index (κ3) is 4.08. The Balaban J connectivity index is 1.72. The molecule has 0 saturated carbocycles. The number of carboxylic acids is 1. The summed E-state index contributed by atoms with van der Waals surface area (Å²) in [4.78, 5) is 15.7. The molecular formula is C18H20FN3O2. The number of nitrogens with zero attached hydrogens (tertiary/aromatic N) is 1. The molecule has 1 aromatic heterocycles. The molecule has 1 atom stereocenters. The lowest BCUT2D eigenvalue weighted by Gasteiger charge is -2.20. The summed E-state index contributed by atoms with van der Waals surface area (Å²) in [6.07, 6.45) is 2.01. The van der Waals surface area contributed by atoms with Crippen molar-refractivity contribution in [3.8, 4) is 0 Å². The zero-order chi connectivity index (χ0) is 16.9. The van der Waals surface area contributed by atoms with E-state index in [9.17, 15) is 9.18 Å². The van der Waals surface area contributed by atoms with Crippen molar-refractivity contribution in [1.82, 2.24) is 10.3 Å². The van der Waals surface area contributed by atoms with E-state index in [0.717, 1.165) is 30.9 Å². The Morgan fingerprint density at radius 3 is 3.04 bits per heavy atom. The van der Waals surface area contributed by atoms with E-state index in [4.69, 9.17) is 5.11 Å². The Morgan fingerprint density at radius 2 is 2.25 bits per heavy atom. The molecule has 0 fully saturated rings. The Labute approximate surface area is 139 Å². The van der Waals surface area contributed by atoms with E-state index in [2.05, 4.69) is 21.7 Å². The number of hydrogen-bond acceptors (Lipinski definition) is 4. The monoisotopic (exact) mass is 329 g/mol. The van der Waals surface area contributed by atoms with Crippen LogP contribution in [0.1, 0.15) is 35.7 Å².